The lowest BCUT2D eigenvalue weighted by molar-refractivity contribution is 0.168. The van der Waals surface area contributed by atoms with Crippen molar-refractivity contribution in [2.45, 2.75) is 33.7 Å². The lowest BCUT2D eigenvalue weighted by Gasteiger charge is -2.37. The number of hydrogen-bond donors (Lipinski definition) is 1. The second kappa shape index (κ2) is 10.8. The SMILES string of the molecule is CN=C(NCC(C)(C)CCS(C)(=O)=O)N1CCN(Cc2cc(C)on2)CC1.I. The van der Waals surface area contributed by atoms with Crippen LogP contribution in [-0.2, 0) is 16.4 Å². The fourth-order valence-corrected chi connectivity index (χ4v) is 3.96. The second-order valence-electron chi connectivity index (χ2n) is 8.14. The number of piperazine rings is 1. The summed E-state index contributed by atoms with van der Waals surface area (Å²) in [4.78, 5) is 9.01. The van der Waals surface area contributed by atoms with E-state index in [4.69, 9.17) is 4.52 Å². The fraction of sp³-hybridized carbons (Fsp3) is 0.778. The smallest absolute Gasteiger partial charge is 0.193 e. The molecular formula is C18H34IN5O3S. The Morgan fingerprint density at radius 1 is 1.32 bits per heavy atom. The van der Waals surface area contributed by atoms with E-state index < -0.39 is 9.84 Å². The van der Waals surface area contributed by atoms with Crippen LogP contribution in [0.5, 0.6) is 0 Å². The van der Waals surface area contributed by atoms with Gasteiger partial charge in [0.2, 0.25) is 0 Å². The Kier molecular flexibility index (Phi) is 9.68. The average molecular weight is 527 g/mol. The lowest BCUT2D eigenvalue weighted by atomic mass is 9.90. The van der Waals surface area contributed by atoms with Gasteiger partial charge in [-0.15, -0.1) is 24.0 Å². The average Bonchev–Trinajstić information content (AvgIpc) is 2.99. The van der Waals surface area contributed by atoms with Gasteiger partial charge in [-0.2, -0.15) is 0 Å². The van der Waals surface area contributed by atoms with Crippen molar-refractivity contribution in [3.05, 3.63) is 17.5 Å². The highest BCUT2D eigenvalue weighted by molar-refractivity contribution is 14.0. The van der Waals surface area contributed by atoms with Crippen LogP contribution >= 0.6 is 24.0 Å². The summed E-state index contributed by atoms with van der Waals surface area (Å²) in [5.41, 5.74) is 0.849. The molecule has 0 atom stereocenters. The molecule has 1 fully saturated rings. The van der Waals surface area contributed by atoms with Gasteiger partial charge in [-0.3, -0.25) is 9.89 Å². The molecule has 0 aromatic carbocycles. The van der Waals surface area contributed by atoms with E-state index in [-0.39, 0.29) is 35.1 Å². The third kappa shape index (κ3) is 8.64. The first-order chi connectivity index (χ1) is 12.6. The molecule has 162 valence electrons. The summed E-state index contributed by atoms with van der Waals surface area (Å²) in [6, 6.07) is 1.98. The Balaban J connectivity index is 0.00000392. The number of nitrogens with one attached hydrogen (secondary N) is 1. The Hall–Kier alpha value is -0.880. The first-order valence-corrected chi connectivity index (χ1v) is 11.4. The fourth-order valence-electron chi connectivity index (χ4n) is 3.04. The third-order valence-electron chi connectivity index (χ3n) is 4.82. The minimum absolute atomic E-state index is 0. The van der Waals surface area contributed by atoms with Gasteiger partial charge in [0.25, 0.3) is 0 Å². The standard InChI is InChI=1S/C18H33N5O3S.HI/c1-15-12-16(21-26-15)13-22-7-9-23(10-8-22)17(19-4)20-14-18(2,3)6-11-27(5,24)25;/h12H,6-11,13-14H2,1-5H3,(H,19,20);1H. The summed E-state index contributed by atoms with van der Waals surface area (Å²) < 4.78 is 28.0. The number of guanidine groups is 1. The lowest BCUT2D eigenvalue weighted by Crippen LogP contribution is -2.53. The molecule has 1 aliphatic heterocycles. The molecule has 1 aromatic heterocycles. The van der Waals surface area contributed by atoms with Crippen LogP contribution < -0.4 is 5.32 Å². The number of rotatable bonds is 7. The largest absolute Gasteiger partial charge is 0.361 e. The maximum Gasteiger partial charge on any atom is 0.193 e. The Morgan fingerprint density at radius 2 is 1.96 bits per heavy atom. The zero-order valence-electron chi connectivity index (χ0n) is 17.6. The third-order valence-corrected chi connectivity index (χ3v) is 5.77. The van der Waals surface area contributed by atoms with Crippen molar-refractivity contribution in [3.8, 4) is 0 Å². The summed E-state index contributed by atoms with van der Waals surface area (Å²) in [6.45, 7) is 11.2. The van der Waals surface area contributed by atoms with E-state index in [0.717, 1.165) is 50.1 Å². The highest BCUT2D eigenvalue weighted by Crippen LogP contribution is 2.20. The zero-order valence-corrected chi connectivity index (χ0v) is 20.7. The van der Waals surface area contributed by atoms with Crippen LogP contribution in [0.1, 0.15) is 31.7 Å². The molecule has 0 spiro atoms. The summed E-state index contributed by atoms with van der Waals surface area (Å²) in [5, 5.41) is 7.48. The van der Waals surface area contributed by atoms with Crippen LogP contribution in [0.4, 0.5) is 0 Å². The minimum atomic E-state index is -2.94. The monoisotopic (exact) mass is 527 g/mol. The van der Waals surface area contributed by atoms with E-state index in [2.05, 4.69) is 39.1 Å². The predicted molar refractivity (Wildman–Crippen MR) is 123 cm³/mol. The van der Waals surface area contributed by atoms with E-state index in [9.17, 15) is 8.42 Å². The molecule has 1 N–H and O–H groups in total. The zero-order chi connectivity index (χ0) is 20.1. The van der Waals surface area contributed by atoms with E-state index in [1.165, 1.54) is 6.26 Å². The summed E-state index contributed by atoms with van der Waals surface area (Å²) in [6.07, 6.45) is 1.91. The maximum absolute atomic E-state index is 11.4. The first kappa shape index (κ1) is 25.2. The molecule has 1 aromatic rings. The maximum atomic E-state index is 11.4. The van der Waals surface area contributed by atoms with Gasteiger partial charge in [0.1, 0.15) is 15.6 Å². The van der Waals surface area contributed by atoms with Crippen LogP contribution in [0.15, 0.2) is 15.6 Å². The number of aliphatic imine (C=N–C) groups is 1. The van der Waals surface area contributed by atoms with E-state index in [1.54, 1.807) is 7.05 Å². The molecular weight excluding hydrogens is 493 g/mol. The Bertz CT molecular complexity index is 740. The van der Waals surface area contributed by atoms with Crippen LogP contribution in [-0.4, -0.2) is 81.1 Å². The van der Waals surface area contributed by atoms with Crippen molar-refractivity contribution < 1.29 is 12.9 Å². The van der Waals surface area contributed by atoms with Crippen molar-refractivity contribution in [3.63, 3.8) is 0 Å². The van der Waals surface area contributed by atoms with Gasteiger partial charge in [0.05, 0.1) is 11.4 Å². The molecule has 2 heterocycles. The number of hydrogen-bond acceptors (Lipinski definition) is 6. The molecule has 0 amide bonds. The molecule has 1 aliphatic rings. The van der Waals surface area contributed by atoms with Gasteiger partial charge >= 0.3 is 0 Å². The van der Waals surface area contributed by atoms with Crippen LogP contribution in [0.25, 0.3) is 0 Å². The van der Waals surface area contributed by atoms with Crippen molar-refractivity contribution in [2.75, 3.05) is 51.8 Å². The van der Waals surface area contributed by atoms with Crippen molar-refractivity contribution in [1.29, 1.82) is 0 Å². The summed E-state index contributed by atoms with van der Waals surface area (Å²) in [5.74, 6) is 1.92. The topological polar surface area (TPSA) is 91.0 Å². The van der Waals surface area contributed by atoms with Crippen LogP contribution in [0, 0.1) is 12.3 Å². The Morgan fingerprint density at radius 3 is 2.46 bits per heavy atom. The molecule has 0 saturated carbocycles. The number of sulfone groups is 1. The van der Waals surface area contributed by atoms with E-state index in [0.29, 0.717) is 13.0 Å². The van der Waals surface area contributed by atoms with Gasteiger partial charge in [0.15, 0.2) is 5.96 Å². The van der Waals surface area contributed by atoms with E-state index in [1.807, 2.05) is 13.0 Å². The van der Waals surface area contributed by atoms with Gasteiger partial charge in [0, 0.05) is 58.6 Å². The molecule has 2 rings (SSSR count). The highest BCUT2D eigenvalue weighted by atomic mass is 127. The normalized spacial score (nSPS) is 16.8. The Labute approximate surface area is 186 Å². The molecule has 0 unspecified atom stereocenters. The van der Waals surface area contributed by atoms with E-state index >= 15 is 0 Å². The molecule has 28 heavy (non-hydrogen) atoms. The molecule has 0 radical (unpaired) electrons. The molecule has 8 nitrogen and oxygen atoms in total. The van der Waals surface area contributed by atoms with Gasteiger partial charge in [-0.1, -0.05) is 19.0 Å². The summed E-state index contributed by atoms with van der Waals surface area (Å²) in [7, 11) is -1.15. The first-order valence-electron chi connectivity index (χ1n) is 9.36. The second-order valence-corrected chi connectivity index (χ2v) is 10.4. The highest BCUT2D eigenvalue weighted by Gasteiger charge is 2.24. The number of nitrogens with zero attached hydrogens (tertiary/aromatic N) is 4. The molecule has 0 bridgehead atoms. The minimum Gasteiger partial charge on any atom is -0.361 e. The molecule has 10 heteroatoms. The van der Waals surface area contributed by atoms with Crippen molar-refractivity contribution >= 4 is 39.8 Å². The predicted octanol–water partition coefficient (Wildman–Crippen LogP) is 1.75. The van der Waals surface area contributed by atoms with Crippen molar-refractivity contribution in [1.82, 2.24) is 20.3 Å². The van der Waals surface area contributed by atoms with Gasteiger partial charge in [-0.25, -0.2) is 8.42 Å². The van der Waals surface area contributed by atoms with Crippen molar-refractivity contribution in [2.24, 2.45) is 10.4 Å². The van der Waals surface area contributed by atoms with Gasteiger partial charge < -0.3 is 14.7 Å². The number of aromatic nitrogens is 1. The van der Waals surface area contributed by atoms with Gasteiger partial charge in [-0.05, 0) is 18.8 Å². The molecule has 0 aliphatic carbocycles. The number of aryl methyl sites for hydroxylation is 1. The van der Waals surface area contributed by atoms with Crippen LogP contribution in [0.2, 0.25) is 0 Å². The van der Waals surface area contributed by atoms with Crippen LogP contribution in [0.3, 0.4) is 0 Å². The quantitative estimate of drug-likeness (QED) is 0.328. The summed E-state index contributed by atoms with van der Waals surface area (Å²) >= 11 is 0. The number of halogens is 1. The molecule has 1 saturated heterocycles.